The van der Waals surface area contributed by atoms with Gasteiger partial charge in [0.25, 0.3) is 0 Å². The average Bonchev–Trinajstić information content (AvgIpc) is 2.42. The van der Waals surface area contributed by atoms with Crippen LogP contribution in [0.2, 0.25) is 0 Å². The van der Waals surface area contributed by atoms with Gasteiger partial charge in [0.1, 0.15) is 18.0 Å². The molecule has 114 valence electrons. The molecule has 0 atom stereocenters. The van der Waals surface area contributed by atoms with Crippen LogP contribution in [-0.4, -0.2) is 35.4 Å². The standard InChI is InChI=1S/C12H18F4N4/c1-3-5-17-9-8(4-2)10(20-7-19-9)18-6-12(15,16)11(13)14/h7,11H,3-6H2,1-2H3,(H2,17,18,19,20). The summed E-state index contributed by atoms with van der Waals surface area (Å²) < 4.78 is 50.0. The number of anilines is 2. The summed E-state index contributed by atoms with van der Waals surface area (Å²) in [5.41, 5.74) is 0.603. The molecule has 1 heterocycles. The van der Waals surface area contributed by atoms with Crippen LogP contribution < -0.4 is 10.6 Å². The van der Waals surface area contributed by atoms with Crippen LogP contribution in [0.1, 0.15) is 25.8 Å². The minimum Gasteiger partial charge on any atom is -0.370 e. The van der Waals surface area contributed by atoms with Crippen molar-refractivity contribution in [1.82, 2.24) is 9.97 Å². The van der Waals surface area contributed by atoms with Gasteiger partial charge in [-0.1, -0.05) is 13.8 Å². The molecule has 2 N–H and O–H groups in total. The Kier molecular flexibility index (Phi) is 5.97. The molecule has 0 aliphatic rings. The lowest BCUT2D eigenvalue weighted by atomic mass is 10.2. The van der Waals surface area contributed by atoms with Crippen molar-refractivity contribution in [3.05, 3.63) is 11.9 Å². The molecular formula is C12H18F4N4. The van der Waals surface area contributed by atoms with Gasteiger partial charge in [-0.15, -0.1) is 0 Å². The minimum absolute atomic E-state index is 0.154. The van der Waals surface area contributed by atoms with Gasteiger partial charge in [0.05, 0.1) is 6.54 Å². The summed E-state index contributed by atoms with van der Waals surface area (Å²) in [5, 5.41) is 5.33. The maximum absolute atomic E-state index is 12.9. The largest absolute Gasteiger partial charge is 0.370 e. The van der Waals surface area contributed by atoms with Crippen molar-refractivity contribution in [2.75, 3.05) is 23.7 Å². The summed E-state index contributed by atoms with van der Waals surface area (Å²) in [6.07, 6.45) is -1.13. The number of rotatable bonds is 8. The predicted octanol–water partition coefficient (Wildman–Crippen LogP) is 3.17. The number of halogens is 4. The molecule has 0 fully saturated rings. The summed E-state index contributed by atoms with van der Waals surface area (Å²) in [6.45, 7) is 3.30. The summed E-state index contributed by atoms with van der Waals surface area (Å²) >= 11 is 0. The molecule has 0 saturated carbocycles. The lowest BCUT2D eigenvalue weighted by Gasteiger charge is -2.18. The SMILES string of the molecule is CCCNc1ncnc(NCC(F)(F)C(F)F)c1CC. The first-order valence-corrected chi connectivity index (χ1v) is 6.40. The molecule has 4 nitrogen and oxygen atoms in total. The second-order valence-corrected chi connectivity index (χ2v) is 4.25. The zero-order valence-electron chi connectivity index (χ0n) is 11.4. The first-order chi connectivity index (χ1) is 9.42. The van der Waals surface area contributed by atoms with Crippen molar-refractivity contribution in [2.24, 2.45) is 0 Å². The molecule has 0 unspecified atom stereocenters. The second kappa shape index (κ2) is 7.25. The highest BCUT2D eigenvalue weighted by atomic mass is 19.3. The maximum atomic E-state index is 12.9. The molecule has 20 heavy (non-hydrogen) atoms. The Morgan fingerprint density at radius 2 is 1.75 bits per heavy atom. The third kappa shape index (κ3) is 4.21. The normalized spacial score (nSPS) is 11.8. The Hall–Kier alpha value is -1.60. The van der Waals surface area contributed by atoms with E-state index >= 15 is 0 Å². The van der Waals surface area contributed by atoms with Crippen molar-refractivity contribution in [2.45, 2.75) is 39.0 Å². The van der Waals surface area contributed by atoms with Gasteiger partial charge in [-0.2, -0.15) is 8.78 Å². The molecule has 0 radical (unpaired) electrons. The highest BCUT2D eigenvalue weighted by Gasteiger charge is 2.40. The summed E-state index contributed by atoms with van der Waals surface area (Å²) in [6, 6.07) is 0. The number of hydrogen-bond acceptors (Lipinski definition) is 4. The first-order valence-electron chi connectivity index (χ1n) is 6.40. The van der Waals surface area contributed by atoms with E-state index < -0.39 is 18.9 Å². The Morgan fingerprint density at radius 3 is 2.25 bits per heavy atom. The minimum atomic E-state index is -4.09. The predicted molar refractivity (Wildman–Crippen MR) is 69.6 cm³/mol. The van der Waals surface area contributed by atoms with E-state index in [1.807, 2.05) is 13.8 Å². The number of alkyl halides is 4. The van der Waals surface area contributed by atoms with Gasteiger partial charge in [0, 0.05) is 12.1 Å². The van der Waals surface area contributed by atoms with Crippen LogP contribution in [0.5, 0.6) is 0 Å². The zero-order valence-corrected chi connectivity index (χ0v) is 11.4. The number of hydrogen-bond donors (Lipinski definition) is 2. The lowest BCUT2D eigenvalue weighted by molar-refractivity contribution is -0.117. The fourth-order valence-corrected chi connectivity index (χ4v) is 1.57. The van der Waals surface area contributed by atoms with E-state index in [0.717, 1.165) is 6.42 Å². The van der Waals surface area contributed by atoms with Gasteiger partial charge < -0.3 is 10.6 Å². The van der Waals surface area contributed by atoms with E-state index in [4.69, 9.17) is 0 Å². The van der Waals surface area contributed by atoms with E-state index in [2.05, 4.69) is 20.6 Å². The lowest BCUT2D eigenvalue weighted by Crippen LogP contribution is -2.35. The van der Waals surface area contributed by atoms with Crippen molar-refractivity contribution >= 4 is 11.6 Å². The van der Waals surface area contributed by atoms with E-state index in [0.29, 0.717) is 24.3 Å². The van der Waals surface area contributed by atoms with Gasteiger partial charge in [-0.3, -0.25) is 0 Å². The molecular weight excluding hydrogens is 276 g/mol. The summed E-state index contributed by atoms with van der Waals surface area (Å²) in [4.78, 5) is 7.87. The molecule has 1 aromatic rings. The van der Waals surface area contributed by atoms with E-state index in [1.165, 1.54) is 6.33 Å². The Bertz CT molecular complexity index is 426. The number of aromatic nitrogens is 2. The fourth-order valence-electron chi connectivity index (χ4n) is 1.57. The quantitative estimate of drug-likeness (QED) is 0.723. The van der Waals surface area contributed by atoms with Crippen LogP contribution in [-0.2, 0) is 6.42 Å². The van der Waals surface area contributed by atoms with Crippen LogP contribution in [0.25, 0.3) is 0 Å². The molecule has 0 spiro atoms. The highest BCUT2D eigenvalue weighted by Crippen LogP contribution is 2.25. The Morgan fingerprint density at radius 1 is 1.15 bits per heavy atom. The van der Waals surface area contributed by atoms with E-state index in [9.17, 15) is 17.6 Å². The van der Waals surface area contributed by atoms with Gasteiger partial charge in [0.15, 0.2) is 0 Å². The second-order valence-electron chi connectivity index (χ2n) is 4.25. The van der Waals surface area contributed by atoms with Crippen LogP contribution in [0.15, 0.2) is 6.33 Å². The zero-order chi connectivity index (χ0) is 15.2. The van der Waals surface area contributed by atoms with Gasteiger partial charge in [0.2, 0.25) is 0 Å². The first kappa shape index (κ1) is 16.5. The molecule has 0 bridgehead atoms. The maximum Gasteiger partial charge on any atom is 0.324 e. The fraction of sp³-hybridized carbons (Fsp3) is 0.667. The van der Waals surface area contributed by atoms with Crippen molar-refractivity contribution in [1.29, 1.82) is 0 Å². The third-order valence-electron chi connectivity index (χ3n) is 2.65. The molecule has 1 rings (SSSR count). The monoisotopic (exact) mass is 294 g/mol. The van der Waals surface area contributed by atoms with E-state index in [-0.39, 0.29) is 5.82 Å². The average molecular weight is 294 g/mol. The number of nitrogens with zero attached hydrogens (tertiary/aromatic N) is 2. The number of nitrogens with one attached hydrogen (secondary N) is 2. The van der Waals surface area contributed by atoms with Gasteiger partial charge in [-0.05, 0) is 12.8 Å². The van der Waals surface area contributed by atoms with E-state index in [1.54, 1.807) is 0 Å². The van der Waals surface area contributed by atoms with Crippen molar-refractivity contribution in [3.8, 4) is 0 Å². The molecule has 0 aliphatic carbocycles. The van der Waals surface area contributed by atoms with Crippen molar-refractivity contribution < 1.29 is 17.6 Å². The van der Waals surface area contributed by atoms with Crippen molar-refractivity contribution in [3.63, 3.8) is 0 Å². The molecule has 8 heteroatoms. The van der Waals surface area contributed by atoms with Crippen LogP contribution in [0.3, 0.4) is 0 Å². The van der Waals surface area contributed by atoms with Crippen LogP contribution in [0, 0.1) is 0 Å². The Balaban J connectivity index is 2.84. The third-order valence-corrected chi connectivity index (χ3v) is 2.65. The molecule has 0 saturated heterocycles. The smallest absolute Gasteiger partial charge is 0.324 e. The van der Waals surface area contributed by atoms with Crippen LogP contribution >= 0.6 is 0 Å². The summed E-state index contributed by atoms with van der Waals surface area (Å²) in [7, 11) is 0. The topological polar surface area (TPSA) is 49.8 Å². The van der Waals surface area contributed by atoms with Crippen LogP contribution in [0.4, 0.5) is 29.2 Å². The van der Waals surface area contributed by atoms with Gasteiger partial charge >= 0.3 is 12.3 Å². The highest BCUT2D eigenvalue weighted by molar-refractivity contribution is 5.57. The summed E-state index contributed by atoms with van der Waals surface area (Å²) in [5.74, 6) is -3.40. The molecule has 0 amide bonds. The molecule has 1 aromatic heterocycles. The Labute approximate surface area is 115 Å². The molecule has 0 aliphatic heterocycles. The molecule has 0 aromatic carbocycles. The van der Waals surface area contributed by atoms with Gasteiger partial charge in [-0.25, -0.2) is 18.7 Å².